The first-order valence-corrected chi connectivity index (χ1v) is 7.26. The summed E-state index contributed by atoms with van der Waals surface area (Å²) >= 11 is 4.91. The third-order valence-corrected chi connectivity index (χ3v) is 3.36. The number of rotatable bonds is 6. The summed E-state index contributed by atoms with van der Waals surface area (Å²) in [5, 5.41) is 11.5. The van der Waals surface area contributed by atoms with Crippen molar-refractivity contribution in [2.45, 2.75) is 5.16 Å². The average molecular weight is 338 g/mol. The Balaban J connectivity index is 1.91. The highest BCUT2D eigenvalue weighted by atomic mass is 79.9. The summed E-state index contributed by atoms with van der Waals surface area (Å²) in [5.74, 6) is 1.29. The molecule has 0 saturated carbocycles. The SMILES string of the molecule is C=CCSc1n[nH]c(N/N=C/c2cccc(Br)c2)n1. The predicted molar refractivity (Wildman–Crippen MR) is 82.7 cm³/mol. The number of aromatic amines is 1. The van der Waals surface area contributed by atoms with E-state index in [9.17, 15) is 0 Å². The van der Waals surface area contributed by atoms with Crippen molar-refractivity contribution in [3.63, 3.8) is 0 Å². The Morgan fingerprint density at radius 2 is 2.42 bits per heavy atom. The first-order valence-electron chi connectivity index (χ1n) is 5.48. The van der Waals surface area contributed by atoms with Crippen molar-refractivity contribution in [3.05, 3.63) is 47.0 Å². The van der Waals surface area contributed by atoms with Crippen LogP contribution in [0.5, 0.6) is 0 Å². The van der Waals surface area contributed by atoms with E-state index in [1.807, 2.05) is 24.3 Å². The van der Waals surface area contributed by atoms with Gasteiger partial charge in [-0.2, -0.15) is 10.1 Å². The van der Waals surface area contributed by atoms with Gasteiger partial charge in [-0.1, -0.05) is 45.9 Å². The van der Waals surface area contributed by atoms with Gasteiger partial charge in [0.2, 0.25) is 11.1 Å². The molecule has 0 atom stereocenters. The van der Waals surface area contributed by atoms with Crippen molar-refractivity contribution in [2.24, 2.45) is 5.10 Å². The fraction of sp³-hybridized carbons (Fsp3) is 0.0833. The number of aromatic nitrogens is 3. The largest absolute Gasteiger partial charge is 0.246 e. The van der Waals surface area contributed by atoms with Gasteiger partial charge in [-0.05, 0) is 17.7 Å². The minimum absolute atomic E-state index is 0.512. The number of thioether (sulfide) groups is 1. The number of hydrazone groups is 1. The minimum atomic E-state index is 0.512. The van der Waals surface area contributed by atoms with Gasteiger partial charge < -0.3 is 0 Å². The van der Waals surface area contributed by atoms with Crippen LogP contribution >= 0.6 is 27.7 Å². The molecule has 7 heteroatoms. The van der Waals surface area contributed by atoms with Gasteiger partial charge in [-0.25, -0.2) is 10.5 Å². The third-order valence-electron chi connectivity index (χ3n) is 2.03. The van der Waals surface area contributed by atoms with Crippen LogP contribution in [-0.2, 0) is 0 Å². The van der Waals surface area contributed by atoms with Crippen LogP contribution in [0.25, 0.3) is 0 Å². The summed E-state index contributed by atoms with van der Waals surface area (Å²) in [6, 6.07) is 7.84. The van der Waals surface area contributed by atoms with E-state index in [0.29, 0.717) is 11.1 Å². The zero-order chi connectivity index (χ0) is 13.5. The normalized spacial score (nSPS) is 10.8. The van der Waals surface area contributed by atoms with Gasteiger partial charge in [0.1, 0.15) is 0 Å². The number of H-pyrrole nitrogens is 1. The van der Waals surface area contributed by atoms with Crippen molar-refractivity contribution in [1.82, 2.24) is 15.2 Å². The molecule has 0 bridgehead atoms. The molecule has 0 unspecified atom stereocenters. The van der Waals surface area contributed by atoms with Crippen LogP contribution in [0.15, 0.2) is 51.7 Å². The maximum atomic E-state index is 4.21. The Morgan fingerprint density at radius 1 is 1.53 bits per heavy atom. The first-order chi connectivity index (χ1) is 9.28. The van der Waals surface area contributed by atoms with Crippen molar-refractivity contribution in [3.8, 4) is 0 Å². The topological polar surface area (TPSA) is 66.0 Å². The van der Waals surface area contributed by atoms with Crippen molar-refractivity contribution >= 4 is 39.9 Å². The molecule has 0 aliphatic rings. The van der Waals surface area contributed by atoms with Crippen molar-refractivity contribution in [1.29, 1.82) is 0 Å². The lowest BCUT2D eigenvalue weighted by Crippen LogP contribution is -1.92. The molecule has 0 aliphatic heterocycles. The number of nitrogens with one attached hydrogen (secondary N) is 2. The zero-order valence-electron chi connectivity index (χ0n) is 10.0. The van der Waals surface area contributed by atoms with E-state index < -0.39 is 0 Å². The second-order valence-corrected chi connectivity index (χ2v) is 5.39. The molecule has 0 amide bonds. The Kier molecular flexibility index (Phi) is 5.17. The number of halogens is 1. The van der Waals surface area contributed by atoms with Crippen molar-refractivity contribution < 1.29 is 0 Å². The van der Waals surface area contributed by atoms with Crippen LogP contribution in [0.1, 0.15) is 5.56 Å². The Labute approximate surface area is 123 Å². The number of anilines is 1. The van der Waals surface area contributed by atoms with Gasteiger partial charge in [0.15, 0.2) is 0 Å². The highest BCUT2D eigenvalue weighted by Gasteiger charge is 2.00. The lowest BCUT2D eigenvalue weighted by Gasteiger charge is -1.94. The minimum Gasteiger partial charge on any atom is -0.246 e. The molecule has 19 heavy (non-hydrogen) atoms. The number of hydrogen-bond donors (Lipinski definition) is 2. The molecule has 2 N–H and O–H groups in total. The van der Waals surface area contributed by atoms with Crippen LogP contribution in [0.3, 0.4) is 0 Å². The van der Waals surface area contributed by atoms with Crippen LogP contribution in [0, 0.1) is 0 Å². The van der Waals surface area contributed by atoms with Gasteiger partial charge in [0, 0.05) is 10.2 Å². The smallest absolute Gasteiger partial charge is 0.240 e. The van der Waals surface area contributed by atoms with E-state index in [1.54, 1.807) is 12.3 Å². The quantitative estimate of drug-likeness (QED) is 0.367. The molecule has 0 saturated heterocycles. The van der Waals surface area contributed by atoms with Gasteiger partial charge in [0.25, 0.3) is 0 Å². The van der Waals surface area contributed by atoms with Crippen LogP contribution < -0.4 is 5.43 Å². The molecule has 5 nitrogen and oxygen atoms in total. The maximum Gasteiger partial charge on any atom is 0.240 e. The first kappa shape index (κ1) is 13.8. The molecule has 98 valence electrons. The fourth-order valence-corrected chi connectivity index (χ4v) is 2.20. The second-order valence-electron chi connectivity index (χ2n) is 3.49. The summed E-state index contributed by atoms with van der Waals surface area (Å²) in [7, 11) is 0. The van der Waals surface area contributed by atoms with E-state index in [-0.39, 0.29) is 0 Å². The lowest BCUT2D eigenvalue weighted by atomic mass is 10.2. The third kappa shape index (κ3) is 4.53. The van der Waals surface area contributed by atoms with E-state index in [0.717, 1.165) is 15.8 Å². The highest BCUT2D eigenvalue weighted by molar-refractivity contribution is 9.10. The molecule has 1 aromatic carbocycles. The average Bonchev–Trinajstić information content (AvgIpc) is 2.84. The standard InChI is InChI=1S/C12H12BrN5S/c1-2-6-19-12-15-11(17-18-12)16-14-8-9-4-3-5-10(13)7-9/h2-5,7-8H,1,6H2,(H2,15,16,17,18)/b14-8+. The molecule has 2 aromatic rings. The Hall–Kier alpha value is -1.60. The summed E-state index contributed by atoms with van der Waals surface area (Å²) < 4.78 is 1.01. The van der Waals surface area contributed by atoms with Crippen molar-refractivity contribution in [2.75, 3.05) is 11.2 Å². The lowest BCUT2D eigenvalue weighted by molar-refractivity contribution is 0.974. The number of benzene rings is 1. The van der Waals surface area contributed by atoms with Gasteiger partial charge in [-0.15, -0.1) is 11.7 Å². The van der Waals surface area contributed by atoms with E-state index >= 15 is 0 Å². The van der Waals surface area contributed by atoms with E-state index in [4.69, 9.17) is 0 Å². The zero-order valence-corrected chi connectivity index (χ0v) is 12.4. The van der Waals surface area contributed by atoms with E-state index in [2.05, 4.69) is 48.2 Å². The maximum absolute atomic E-state index is 4.21. The molecule has 1 heterocycles. The molecule has 2 rings (SSSR count). The Morgan fingerprint density at radius 3 is 3.21 bits per heavy atom. The summed E-state index contributed by atoms with van der Waals surface area (Å²) in [4.78, 5) is 4.21. The van der Waals surface area contributed by atoms with Gasteiger partial charge in [-0.3, -0.25) is 0 Å². The number of nitrogens with zero attached hydrogens (tertiary/aromatic N) is 3. The summed E-state index contributed by atoms with van der Waals surface area (Å²) in [5.41, 5.74) is 3.78. The monoisotopic (exact) mass is 337 g/mol. The number of hydrogen-bond acceptors (Lipinski definition) is 5. The highest BCUT2D eigenvalue weighted by Crippen LogP contribution is 2.13. The molecule has 0 radical (unpaired) electrons. The van der Waals surface area contributed by atoms with Crippen LogP contribution in [0.2, 0.25) is 0 Å². The van der Waals surface area contributed by atoms with Crippen LogP contribution in [0.4, 0.5) is 5.95 Å². The summed E-state index contributed by atoms with van der Waals surface area (Å²) in [6.07, 6.45) is 3.52. The Bertz CT molecular complexity index is 581. The fourth-order valence-electron chi connectivity index (χ4n) is 1.25. The second kappa shape index (κ2) is 7.10. The molecule has 0 aliphatic carbocycles. The van der Waals surface area contributed by atoms with E-state index in [1.165, 1.54) is 11.8 Å². The van der Waals surface area contributed by atoms with Gasteiger partial charge in [0.05, 0.1) is 6.21 Å². The predicted octanol–water partition coefficient (Wildman–Crippen LogP) is 3.29. The molecule has 0 spiro atoms. The summed E-state index contributed by atoms with van der Waals surface area (Å²) in [6.45, 7) is 3.64. The molecule has 1 aromatic heterocycles. The van der Waals surface area contributed by atoms with Gasteiger partial charge >= 0.3 is 0 Å². The molecular formula is C12H12BrN5S. The van der Waals surface area contributed by atoms with Crippen LogP contribution in [-0.4, -0.2) is 27.1 Å². The molecular weight excluding hydrogens is 326 g/mol. The molecule has 0 fully saturated rings.